The minimum atomic E-state index is -4.10. The highest BCUT2D eigenvalue weighted by Crippen LogP contribution is 2.27. The molecule has 2 amide bonds. The van der Waals surface area contributed by atoms with Gasteiger partial charge in [-0.3, -0.25) is 9.59 Å². The van der Waals surface area contributed by atoms with Gasteiger partial charge < -0.3 is 15.8 Å². The van der Waals surface area contributed by atoms with Crippen LogP contribution in [0.3, 0.4) is 0 Å². The van der Waals surface area contributed by atoms with E-state index in [-0.39, 0.29) is 21.9 Å². The Morgan fingerprint density at radius 1 is 1.03 bits per heavy atom. The van der Waals surface area contributed by atoms with Crippen molar-refractivity contribution in [3.8, 4) is 5.75 Å². The molecule has 3 aromatic carbocycles. The number of sulfonamides is 1. The van der Waals surface area contributed by atoms with Gasteiger partial charge in [-0.25, -0.2) is 8.42 Å². The van der Waals surface area contributed by atoms with Crippen LogP contribution >= 0.6 is 11.6 Å². The van der Waals surface area contributed by atoms with Gasteiger partial charge in [0.05, 0.1) is 16.5 Å². The molecule has 0 aliphatic heterocycles. The number of carbonyl (C=O) groups excluding carboxylic acids is 2. The third-order valence-electron chi connectivity index (χ3n) is 4.85. The van der Waals surface area contributed by atoms with Gasteiger partial charge in [-0.2, -0.15) is 4.72 Å². The van der Waals surface area contributed by atoms with E-state index in [1.807, 2.05) is 6.07 Å². The third-order valence-corrected chi connectivity index (χ3v) is 6.61. The predicted octanol–water partition coefficient (Wildman–Crippen LogP) is 3.37. The minimum Gasteiger partial charge on any atom is -0.492 e. The van der Waals surface area contributed by atoms with Crippen LogP contribution in [-0.4, -0.2) is 32.9 Å². The van der Waals surface area contributed by atoms with Gasteiger partial charge in [0, 0.05) is 11.3 Å². The van der Waals surface area contributed by atoms with Gasteiger partial charge in [-0.1, -0.05) is 41.9 Å². The standard InChI is InChI=1S/C24H24ClN3O5S/c1-2-33-22-13-12-19(15-20(22)25)34(31,32)28-21(14-16-6-4-3-5-7-16)24(30)27-18-10-8-17(9-11-18)23(26)29/h3-13,15,21,28H,2,14H2,1H3,(H2,26,29)(H,27,30)/t21-/m1/s1. The largest absolute Gasteiger partial charge is 0.492 e. The van der Waals surface area contributed by atoms with Crippen LogP contribution in [-0.2, 0) is 21.2 Å². The zero-order valence-electron chi connectivity index (χ0n) is 18.3. The number of hydrogen-bond donors (Lipinski definition) is 3. The highest BCUT2D eigenvalue weighted by atomic mass is 35.5. The highest BCUT2D eigenvalue weighted by Gasteiger charge is 2.27. The number of hydrogen-bond acceptors (Lipinski definition) is 5. The lowest BCUT2D eigenvalue weighted by Crippen LogP contribution is -2.45. The fourth-order valence-electron chi connectivity index (χ4n) is 3.16. The molecule has 0 saturated carbocycles. The molecule has 0 aliphatic rings. The molecule has 0 fully saturated rings. The molecule has 0 radical (unpaired) electrons. The van der Waals surface area contributed by atoms with Crippen molar-refractivity contribution < 1.29 is 22.7 Å². The Morgan fingerprint density at radius 3 is 2.29 bits per heavy atom. The second-order valence-electron chi connectivity index (χ2n) is 7.32. The molecule has 0 heterocycles. The van der Waals surface area contributed by atoms with Crippen LogP contribution in [0.25, 0.3) is 0 Å². The quantitative estimate of drug-likeness (QED) is 0.392. The van der Waals surface area contributed by atoms with E-state index in [4.69, 9.17) is 22.1 Å². The number of nitrogens with one attached hydrogen (secondary N) is 2. The maximum Gasteiger partial charge on any atom is 0.248 e. The van der Waals surface area contributed by atoms with E-state index in [2.05, 4.69) is 10.0 Å². The first-order chi connectivity index (χ1) is 16.2. The minimum absolute atomic E-state index is 0.0994. The Balaban J connectivity index is 1.85. The van der Waals surface area contributed by atoms with Gasteiger partial charge in [0.2, 0.25) is 21.8 Å². The Kier molecular flexibility index (Phi) is 8.27. The van der Waals surface area contributed by atoms with Gasteiger partial charge in [0.1, 0.15) is 11.8 Å². The molecule has 4 N–H and O–H groups in total. The normalized spacial score (nSPS) is 12.1. The maximum atomic E-state index is 13.1. The lowest BCUT2D eigenvalue weighted by atomic mass is 10.1. The van der Waals surface area contributed by atoms with Crippen LogP contribution in [0.4, 0.5) is 5.69 Å². The summed E-state index contributed by atoms with van der Waals surface area (Å²) in [5.41, 5.74) is 6.67. The molecule has 1 atom stereocenters. The molecule has 34 heavy (non-hydrogen) atoms. The van der Waals surface area contributed by atoms with E-state index in [1.54, 1.807) is 31.2 Å². The first-order valence-electron chi connectivity index (χ1n) is 10.4. The van der Waals surface area contributed by atoms with Crippen molar-refractivity contribution in [3.05, 3.63) is 88.9 Å². The van der Waals surface area contributed by atoms with Crippen LogP contribution in [0.1, 0.15) is 22.8 Å². The number of rotatable bonds is 10. The molecular weight excluding hydrogens is 478 g/mol. The van der Waals surface area contributed by atoms with Crippen LogP contribution in [0, 0.1) is 0 Å². The maximum absolute atomic E-state index is 13.1. The van der Waals surface area contributed by atoms with Gasteiger partial charge in [0.25, 0.3) is 0 Å². The smallest absolute Gasteiger partial charge is 0.248 e. The van der Waals surface area contributed by atoms with Crippen LogP contribution in [0.5, 0.6) is 5.75 Å². The van der Waals surface area contributed by atoms with E-state index in [0.29, 0.717) is 18.0 Å². The van der Waals surface area contributed by atoms with Crippen molar-refractivity contribution in [1.29, 1.82) is 0 Å². The Labute approximate surface area is 203 Å². The average Bonchev–Trinajstić information content (AvgIpc) is 2.81. The summed E-state index contributed by atoms with van der Waals surface area (Å²) >= 11 is 6.16. The summed E-state index contributed by atoms with van der Waals surface area (Å²) in [6, 6.07) is 17.9. The van der Waals surface area contributed by atoms with Gasteiger partial charge in [-0.05, 0) is 61.4 Å². The van der Waals surface area contributed by atoms with Crippen LogP contribution in [0.15, 0.2) is 77.7 Å². The lowest BCUT2D eigenvalue weighted by molar-refractivity contribution is -0.117. The van der Waals surface area contributed by atoms with E-state index >= 15 is 0 Å². The van der Waals surface area contributed by atoms with Crippen molar-refractivity contribution in [2.75, 3.05) is 11.9 Å². The second-order valence-corrected chi connectivity index (χ2v) is 9.44. The number of carbonyl (C=O) groups is 2. The molecule has 8 nitrogen and oxygen atoms in total. The number of primary amides is 1. The third kappa shape index (κ3) is 6.57. The summed E-state index contributed by atoms with van der Waals surface area (Å²) in [5.74, 6) is -0.806. The number of benzene rings is 3. The monoisotopic (exact) mass is 501 g/mol. The lowest BCUT2D eigenvalue weighted by Gasteiger charge is -2.19. The summed E-state index contributed by atoms with van der Waals surface area (Å²) in [5, 5.41) is 2.82. The molecule has 3 rings (SSSR count). The topological polar surface area (TPSA) is 128 Å². The van der Waals surface area contributed by atoms with Crippen molar-refractivity contribution >= 4 is 39.1 Å². The van der Waals surface area contributed by atoms with Crippen LogP contribution in [0.2, 0.25) is 5.02 Å². The highest BCUT2D eigenvalue weighted by molar-refractivity contribution is 7.89. The Hall–Kier alpha value is -3.40. The Bertz CT molecular complexity index is 1270. The molecule has 0 bridgehead atoms. The van der Waals surface area contributed by atoms with Gasteiger partial charge in [-0.15, -0.1) is 0 Å². The first-order valence-corrected chi connectivity index (χ1v) is 12.2. The molecule has 3 aromatic rings. The summed E-state index contributed by atoms with van der Waals surface area (Å²) in [6.45, 7) is 2.17. The summed E-state index contributed by atoms with van der Waals surface area (Å²) in [6.07, 6.45) is 0.107. The summed E-state index contributed by atoms with van der Waals surface area (Å²) in [7, 11) is -4.10. The van der Waals surface area contributed by atoms with Crippen molar-refractivity contribution in [2.24, 2.45) is 5.73 Å². The molecule has 0 saturated heterocycles. The molecule has 178 valence electrons. The molecular formula is C24H24ClN3O5S. The van der Waals surface area contributed by atoms with Gasteiger partial charge in [0.15, 0.2) is 0 Å². The van der Waals surface area contributed by atoms with Gasteiger partial charge >= 0.3 is 0 Å². The number of nitrogens with two attached hydrogens (primary N) is 1. The van der Waals surface area contributed by atoms with Crippen molar-refractivity contribution in [1.82, 2.24) is 4.72 Å². The zero-order valence-corrected chi connectivity index (χ0v) is 19.9. The van der Waals surface area contributed by atoms with Crippen molar-refractivity contribution in [3.63, 3.8) is 0 Å². The van der Waals surface area contributed by atoms with E-state index in [9.17, 15) is 18.0 Å². The number of amides is 2. The molecule has 10 heteroatoms. The zero-order chi connectivity index (χ0) is 24.7. The fraction of sp³-hybridized carbons (Fsp3) is 0.167. The number of anilines is 1. The number of ether oxygens (including phenoxy) is 1. The first kappa shape index (κ1) is 25.2. The van der Waals surface area contributed by atoms with Crippen molar-refractivity contribution in [2.45, 2.75) is 24.3 Å². The molecule has 0 aliphatic carbocycles. The molecule has 0 unspecified atom stereocenters. The van der Waals surface area contributed by atoms with Crippen LogP contribution < -0.4 is 20.5 Å². The summed E-state index contributed by atoms with van der Waals surface area (Å²) in [4.78, 5) is 24.2. The molecule has 0 spiro atoms. The van der Waals surface area contributed by atoms with E-state index in [0.717, 1.165) is 5.56 Å². The predicted molar refractivity (Wildman–Crippen MR) is 130 cm³/mol. The Morgan fingerprint density at radius 2 is 1.71 bits per heavy atom. The average molecular weight is 502 g/mol. The number of halogens is 1. The molecule has 0 aromatic heterocycles. The SMILES string of the molecule is CCOc1ccc(S(=O)(=O)N[C@H](Cc2ccccc2)C(=O)Nc2ccc(C(N)=O)cc2)cc1Cl. The van der Waals surface area contributed by atoms with E-state index < -0.39 is 27.9 Å². The fourth-order valence-corrected chi connectivity index (χ4v) is 4.68. The van der Waals surface area contributed by atoms with E-state index in [1.165, 1.54) is 42.5 Å². The second kappa shape index (κ2) is 11.1. The summed E-state index contributed by atoms with van der Waals surface area (Å²) < 4.78 is 34.0.